The SMILES string of the molecule is CN(C)CCCN(C(=O)c1ccc2c(c1)OCO2)c1nc2c(F)cccc2s1. The van der Waals surface area contributed by atoms with Gasteiger partial charge in [0.1, 0.15) is 11.3 Å². The summed E-state index contributed by atoms with van der Waals surface area (Å²) >= 11 is 1.31. The van der Waals surface area contributed by atoms with Crippen molar-refractivity contribution in [3.05, 3.63) is 47.8 Å². The van der Waals surface area contributed by atoms with Crippen LogP contribution in [0.15, 0.2) is 36.4 Å². The van der Waals surface area contributed by atoms with Gasteiger partial charge in [-0.3, -0.25) is 9.69 Å². The molecule has 0 bridgehead atoms. The summed E-state index contributed by atoms with van der Waals surface area (Å²) < 4.78 is 25.5. The molecule has 1 aliphatic rings. The maximum atomic E-state index is 14.1. The van der Waals surface area contributed by atoms with Crippen LogP contribution in [0.2, 0.25) is 0 Å². The lowest BCUT2D eigenvalue weighted by atomic mass is 10.1. The van der Waals surface area contributed by atoms with Gasteiger partial charge in [0.25, 0.3) is 5.91 Å². The van der Waals surface area contributed by atoms with Gasteiger partial charge in [-0.1, -0.05) is 17.4 Å². The van der Waals surface area contributed by atoms with Gasteiger partial charge >= 0.3 is 0 Å². The van der Waals surface area contributed by atoms with Gasteiger partial charge in [0, 0.05) is 12.1 Å². The molecule has 146 valence electrons. The van der Waals surface area contributed by atoms with E-state index in [0.717, 1.165) is 13.0 Å². The van der Waals surface area contributed by atoms with Crippen molar-refractivity contribution < 1.29 is 18.7 Å². The average Bonchev–Trinajstić information content (AvgIpc) is 3.31. The number of amides is 1. The molecule has 1 aliphatic heterocycles. The lowest BCUT2D eigenvalue weighted by molar-refractivity contribution is 0.0985. The molecule has 1 aromatic heterocycles. The number of para-hydroxylation sites is 1. The van der Waals surface area contributed by atoms with Gasteiger partial charge in [-0.15, -0.1) is 0 Å². The summed E-state index contributed by atoms with van der Waals surface area (Å²) in [6.07, 6.45) is 0.766. The number of hydrogen-bond donors (Lipinski definition) is 0. The molecule has 1 amide bonds. The van der Waals surface area contributed by atoms with Gasteiger partial charge in [-0.25, -0.2) is 9.37 Å². The number of anilines is 1. The number of halogens is 1. The van der Waals surface area contributed by atoms with E-state index in [0.29, 0.717) is 39.0 Å². The zero-order valence-corrected chi connectivity index (χ0v) is 16.5. The van der Waals surface area contributed by atoms with Crippen molar-refractivity contribution in [2.75, 3.05) is 38.9 Å². The number of benzene rings is 2. The van der Waals surface area contributed by atoms with E-state index in [4.69, 9.17) is 9.47 Å². The second-order valence-corrected chi connectivity index (χ2v) is 7.77. The number of ether oxygens (including phenoxy) is 2. The van der Waals surface area contributed by atoms with Crippen LogP contribution in [0.4, 0.5) is 9.52 Å². The van der Waals surface area contributed by atoms with Crippen LogP contribution in [0, 0.1) is 5.82 Å². The fraction of sp³-hybridized carbons (Fsp3) is 0.300. The normalized spacial score (nSPS) is 12.7. The Morgan fingerprint density at radius 3 is 2.79 bits per heavy atom. The number of hydrogen-bond acceptors (Lipinski definition) is 6. The molecular weight excluding hydrogens is 381 g/mol. The predicted molar refractivity (Wildman–Crippen MR) is 107 cm³/mol. The first-order valence-electron chi connectivity index (χ1n) is 8.94. The fourth-order valence-electron chi connectivity index (χ4n) is 3.03. The molecule has 3 aromatic rings. The first-order valence-corrected chi connectivity index (χ1v) is 9.76. The van der Waals surface area contributed by atoms with Crippen LogP contribution >= 0.6 is 11.3 Å². The molecule has 6 nitrogen and oxygen atoms in total. The maximum Gasteiger partial charge on any atom is 0.260 e. The molecule has 0 N–H and O–H groups in total. The molecule has 0 spiro atoms. The molecule has 0 saturated carbocycles. The highest BCUT2D eigenvalue weighted by molar-refractivity contribution is 7.22. The molecule has 0 unspecified atom stereocenters. The van der Waals surface area contributed by atoms with Crippen molar-refractivity contribution >= 4 is 32.6 Å². The van der Waals surface area contributed by atoms with Crippen LogP contribution in [0.3, 0.4) is 0 Å². The molecular formula is C20H20FN3O3S. The van der Waals surface area contributed by atoms with E-state index >= 15 is 0 Å². The molecule has 0 fully saturated rings. The zero-order chi connectivity index (χ0) is 19.7. The quantitative estimate of drug-likeness (QED) is 0.630. The van der Waals surface area contributed by atoms with Crippen molar-refractivity contribution in [3.63, 3.8) is 0 Å². The topological polar surface area (TPSA) is 54.9 Å². The van der Waals surface area contributed by atoms with Crippen LogP contribution in [-0.2, 0) is 0 Å². The predicted octanol–water partition coefficient (Wildman–Crippen LogP) is 3.76. The van der Waals surface area contributed by atoms with Crippen molar-refractivity contribution in [2.45, 2.75) is 6.42 Å². The molecule has 0 radical (unpaired) electrons. The van der Waals surface area contributed by atoms with Gasteiger partial charge in [0.05, 0.1) is 4.70 Å². The third-order valence-corrected chi connectivity index (χ3v) is 5.48. The number of nitrogens with zero attached hydrogens (tertiary/aromatic N) is 3. The summed E-state index contributed by atoms with van der Waals surface area (Å²) in [5.74, 6) is 0.590. The van der Waals surface area contributed by atoms with Crippen LogP contribution in [0.25, 0.3) is 10.2 Å². The van der Waals surface area contributed by atoms with Crippen LogP contribution in [0.5, 0.6) is 11.5 Å². The highest BCUT2D eigenvalue weighted by Gasteiger charge is 2.24. The number of carbonyl (C=O) groups excluding carboxylic acids is 1. The minimum atomic E-state index is -0.385. The number of thiazole rings is 1. The molecule has 4 rings (SSSR count). The molecule has 28 heavy (non-hydrogen) atoms. The lowest BCUT2D eigenvalue weighted by Gasteiger charge is -2.21. The Bertz CT molecular complexity index is 1020. The Morgan fingerprint density at radius 2 is 2.00 bits per heavy atom. The van der Waals surface area contributed by atoms with Crippen LogP contribution in [-0.4, -0.2) is 49.8 Å². The lowest BCUT2D eigenvalue weighted by Crippen LogP contribution is -2.33. The minimum Gasteiger partial charge on any atom is -0.454 e. The van der Waals surface area contributed by atoms with Crippen molar-refractivity contribution in [2.24, 2.45) is 0 Å². The largest absolute Gasteiger partial charge is 0.454 e. The Kier molecular flexibility index (Phi) is 5.15. The Balaban J connectivity index is 1.67. The number of rotatable bonds is 6. The van der Waals surface area contributed by atoms with Crippen molar-refractivity contribution in [1.29, 1.82) is 0 Å². The van der Waals surface area contributed by atoms with Gasteiger partial charge in [-0.2, -0.15) is 0 Å². The smallest absolute Gasteiger partial charge is 0.260 e. The van der Waals surface area contributed by atoms with Gasteiger partial charge < -0.3 is 14.4 Å². The number of carbonyl (C=O) groups is 1. The summed E-state index contributed by atoms with van der Waals surface area (Å²) in [6, 6.07) is 9.95. The Morgan fingerprint density at radius 1 is 1.18 bits per heavy atom. The molecule has 0 saturated heterocycles. The molecule has 8 heteroatoms. The van der Waals surface area contributed by atoms with E-state index in [9.17, 15) is 9.18 Å². The van der Waals surface area contributed by atoms with E-state index in [1.165, 1.54) is 17.4 Å². The highest BCUT2D eigenvalue weighted by Crippen LogP contribution is 2.35. The third-order valence-electron chi connectivity index (χ3n) is 4.44. The summed E-state index contributed by atoms with van der Waals surface area (Å²) in [7, 11) is 3.97. The minimum absolute atomic E-state index is 0.149. The molecule has 2 aromatic carbocycles. The van der Waals surface area contributed by atoms with Gasteiger partial charge in [-0.05, 0) is 57.4 Å². The Hall–Kier alpha value is -2.71. The van der Waals surface area contributed by atoms with Gasteiger partial charge in [0.15, 0.2) is 16.6 Å². The third kappa shape index (κ3) is 3.65. The summed E-state index contributed by atoms with van der Waals surface area (Å²) in [6.45, 7) is 1.45. The summed E-state index contributed by atoms with van der Waals surface area (Å²) in [4.78, 5) is 21.4. The first kappa shape index (κ1) is 18.6. The maximum absolute atomic E-state index is 14.1. The van der Waals surface area contributed by atoms with E-state index < -0.39 is 0 Å². The Labute approximate surface area is 166 Å². The summed E-state index contributed by atoms with van der Waals surface area (Å²) in [5.41, 5.74) is 0.771. The zero-order valence-electron chi connectivity index (χ0n) is 15.6. The summed E-state index contributed by atoms with van der Waals surface area (Å²) in [5, 5.41) is 0.488. The molecule has 0 atom stereocenters. The standard InChI is InChI=1S/C20H20FN3O3S/c1-23(2)9-4-10-24(20-22-18-14(21)5-3-6-17(18)28-20)19(25)13-7-8-15-16(11-13)27-12-26-15/h3,5-8,11H,4,9-10,12H2,1-2H3. The fourth-order valence-corrected chi connectivity index (χ4v) is 4.04. The first-order chi connectivity index (χ1) is 13.5. The van der Waals surface area contributed by atoms with E-state index in [1.807, 2.05) is 20.2 Å². The van der Waals surface area contributed by atoms with Crippen molar-refractivity contribution in [3.8, 4) is 11.5 Å². The number of fused-ring (bicyclic) bond motifs is 2. The monoisotopic (exact) mass is 401 g/mol. The van der Waals surface area contributed by atoms with Crippen LogP contribution in [0.1, 0.15) is 16.8 Å². The van der Waals surface area contributed by atoms with E-state index in [2.05, 4.69) is 9.88 Å². The van der Waals surface area contributed by atoms with Crippen LogP contribution < -0.4 is 14.4 Å². The van der Waals surface area contributed by atoms with E-state index in [1.54, 1.807) is 29.2 Å². The van der Waals surface area contributed by atoms with Gasteiger partial charge in [0.2, 0.25) is 6.79 Å². The molecule has 0 aliphatic carbocycles. The number of aromatic nitrogens is 1. The van der Waals surface area contributed by atoms with Crippen molar-refractivity contribution in [1.82, 2.24) is 9.88 Å². The average molecular weight is 401 g/mol. The highest BCUT2D eigenvalue weighted by atomic mass is 32.1. The second kappa shape index (κ2) is 7.73. The second-order valence-electron chi connectivity index (χ2n) is 6.76. The molecule has 2 heterocycles. The van der Waals surface area contributed by atoms with E-state index in [-0.39, 0.29) is 18.5 Å².